The molecule has 0 atom stereocenters. The average Bonchev–Trinajstić information content (AvgIpc) is 2.45. The van der Waals surface area contributed by atoms with Crippen molar-refractivity contribution in [3.8, 4) is 5.75 Å². The normalized spacial score (nSPS) is 10.1. The highest BCUT2D eigenvalue weighted by molar-refractivity contribution is 5.96. The van der Waals surface area contributed by atoms with Crippen molar-refractivity contribution in [2.75, 3.05) is 0 Å². The van der Waals surface area contributed by atoms with Crippen molar-refractivity contribution in [2.24, 2.45) is 0 Å². The van der Waals surface area contributed by atoms with Crippen LogP contribution in [0.5, 0.6) is 5.75 Å². The highest BCUT2D eigenvalue weighted by Gasteiger charge is 2.08. The van der Waals surface area contributed by atoms with E-state index >= 15 is 0 Å². The standard InChI is InChI=1S/C16H14O4/c1-11(17)14-4-2-3-5-15(14)20-10-12-6-8-13(9-7-12)16(18)19/h2-9H,10H2,1H3,(H,18,19). The number of hydrogen-bond acceptors (Lipinski definition) is 3. The molecular formula is C16H14O4. The molecule has 0 spiro atoms. The second kappa shape index (κ2) is 6.02. The van der Waals surface area contributed by atoms with Crippen LogP contribution in [0, 0.1) is 0 Å². The first-order valence-electron chi connectivity index (χ1n) is 6.13. The molecule has 2 aromatic rings. The Morgan fingerprint density at radius 3 is 2.30 bits per heavy atom. The van der Waals surface area contributed by atoms with Gasteiger partial charge in [-0.1, -0.05) is 24.3 Å². The number of hydrogen-bond donors (Lipinski definition) is 1. The van der Waals surface area contributed by atoms with Gasteiger partial charge in [0.2, 0.25) is 0 Å². The predicted octanol–water partition coefficient (Wildman–Crippen LogP) is 3.17. The maximum atomic E-state index is 11.5. The third kappa shape index (κ3) is 3.23. The van der Waals surface area contributed by atoms with E-state index in [4.69, 9.17) is 9.84 Å². The van der Waals surface area contributed by atoms with E-state index in [0.29, 0.717) is 11.3 Å². The minimum atomic E-state index is -0.959. The van der Waals surface area contributed by atoms with E-state index in [-0.39, 0.29) is 18.0 Å². The Balaban J connectivity index is 2.09. The lowest BCUT2D eigenvalue weighted by molar-refractivity contribution is 0.0696. The number of carboxylic acids is 1. The lowest BCUT2D eigenvalue weighted by Gasteiger charge is -2.09. The first kappa shape index (κ1) is 13.8. The van der Waals surface area contributed by atoms with Gasteiger partial charge in [-0.3, -0.25) is 4.79 Å². The number of carbonyl (C=O) groups is 2. The van der Waals surface area contributed by atoms with Crippen molar-refractivity contribution in [2.45, 2.75) is 13.5 Å². The Morgan fingerprint density at radius 1 is 1.05 bits per heavy atom. The Bertz CT molecular complexity index is 629. The van der Waals surface area contributed by atoms with Gasteiger partial charge in [-0.15, -0.1) is 0 Å². The number of benzene rings is 2. The molecule has 20 heavy (non-hydrogen) atoms. The van der Waals surface area contributed by atoms with Crippen LogP contribution in [0.2, 0.25) is 0 Å². The molecular weight excluding hydrogens is 256 g/mol. The van der Waals surface area contributed by atoms with Crippen LogP contribution in [0.3, 0.4) is 0 Å². The summed E-state index contributed by atoms with van der Waals surface area (Å²) in [5.41, 5.74) is 1.61. The molecule has 0 aliphatic heterocycles. The van der Waals surface area contributed by atoms with Gasteiger partial charge in [0.05, 0.1) is 11.1 Å². The summed E-state index contributed by atoms with van der Waals surface area (Å²) in [4.78, 5) is 22.2. The van der Waals surface area contributed by atoms with Crippen molar-refractivity contribution in [3.05, 3.63) is 65.2 Å². The SMILES string of the molecule is CC(=O)c1ccccc1OCc1ccc(C(=O)O)cc1. The second-order valence-corrected chi connectivity index (χ2v) is 4.34. The van der Waals surface area contributed by atoms with Crippen molar-refractivity contribution < 1.29 is 19.4 Å². The van der Waals surface area contributed by atoms with Gasteiger partial charge in [0.1, 0.15) is 12.4 Å². The highest BCUT2D eigenvalue weighted by atomic mass is 16.5. The maximum absolute atomic E-state index is 11.5. The number of carboxylic acid groups (broad SMARTS) is 1. The van der Waals surface area contributed by atoms with E-state index in [2.05, 4.69) is 0 Å². The van der Waals surface area contributed by atoms with Crippen LogP contribution in [0.15, 0.2) is 48.5 Å². The number of ether oxygens (including phenoxy) is 1. The second-order valence-electron chi connectivity index (χ2n) is 4.34. The Hall–Kier alpha value is -2.62. The van der Waals surface area contributed by atoms with Gasteiger partial charge >= 0.3 is 5.97 Å². The molecule has 0 radical (unpaired) electrons. The van der Waals surface area contributed by atoms with Gasteiger partial charge < -0.3 is 9.84 Å². The van der Waals surface area contributed by atoms with Gasteiger partial charge in [0.25, 0.3) is 0 Å². The molecule has 0 saturated carbocycles. The number of rotatable bonds is 5. The number of Topliss-reactive ketones (excluding diaryl/α,β-unsaturated/α-hetero) is 1. The van der Waals surface area contributed by atoms with E-state index < -0.39 is 5.97 Å². The molecule has 2 aromatic carbocycles. The Morgan fingerprint density at radius 2 is 1.70 bits per heavy atom. The molecule has 1 N–H and O–H groups in total. The van der Waals surface area contributed by atoms with Crippen LogP contribution < -0.4 is 4.74 Å². The summed E-state index contributed by atoms with van der Waals surface area (Å²) < 4.78 is 5.62. The fourth-order valence-electron chi connectivity index (χ4n) is 1.79. The first-order valence-corrected chi connectivity index (χ1v) is 6.13. The number of ketones is 1. The van der Waals surface area contributed by atoms with E-state index in [0.717, 1.165) is 5.56 Å². The zero-order valence-corrected chi connectivity index (χ0v) is 11.0. The van der Waals surface area contributed by atoms with Crippen LogP contribution in [-0.4, -0.2) is 16.9 Å². The molecule has 0 heterocycles. The first-order chi connectivity index (χ1) is 9.58. The van der Waals surface area contributed by atoms with Gasteiger partial charge in [0, 0.05) is 0 Å². The summed E-state index contributed by atoms with van der Waals surface area (Å²) >= 11 is 0. The third-order valence-corrected chi connectivity index (χ3v) is 2.86. The molecule has 0 aromatic heterocycles. The zero-order chi connectivity index (χ0) is 14.5. The summed E-state index contributed by atoms with van der Waals surface area (Å²) in [6, 6.07) is 13.5. The quantitative estimate of drug-likeness (QED) is 0.847. The average molecular weight is 270 g/mol. The predicted molar refractivity (Wildman–Crippen MR) is 74.2 cm³/mol. The zero-order valence-electron chi connectivity index (χ0n) is 11.0. The van der Waals surface area contributed by atoms with E-state index in [1.54, 1.807) is 36.4 Å². The molecule has 102 valence electrons. The molecule has 0 unspecified atom stereocenters. The van der Waals surface area contributed by atoms with Crippen LogP contribution in [0.1, 0.15) is 33.2 Å². The van der Waals surface area contributed by atoms with E-state index in [9.17, 15) is 9.59 Å². The van der Waals surface area contributed by atoms with Crippen LogP contribution in [0.4, 0.5) is 0 Å². The smallest absolute Gasteiger partial charge is 0.335 e. The molecule has 0 amide bonds. The van der Waals surface area contributed by atoms with Crippen molar-refractivity contribution >= 4 is 11.8 Å². The summed E-state index contributed by atoms with van der Waals surface area (Å²) in [7, 11) is 0. The number of carbonyl (C=O) groups excluding carboxylic acids is 1. The topological polar surface area (TPSA) is 63.6 Å². The lowest BCUT2D eigenvalue weighted by Crippen LogP contribution is -2.02. The van der Waals surface area contributed by atoms with E-state index in [1.165, 1.54) is 19.1 Å². The third-order valence-electron chi connectivity index (χ3n) is 2.86. The van der Waals surface area contributed by atoms with Gasteiger partial charge in [-0.05, 0) is 36.8 Å². The molecule has 4 nitrogen and oxygen atoms in total. The number of aromatic carboxylic acids is 1. The molecule has 0 fully saturated rings. The molecule has 0 bridgehead atoms. The fourth-order valence-corrected chi connectivity index (χ4v) is 1.79. The van der Waals surface area contributed by atoms with Gasteiger partial charge in [0.15, 0.2) is 5.78 Å². The number of para-hydroxylation sites is 1. The summed E-state index contributed by atoms with van der Waals surface area (Å²) in [6.45, 7) is 1.77. The van der Waals surface area contributed by atoms with Crippen molar-refractivity contribution in [3.63, 3.8) is 0 Å². The molecule has 0 aliphatic rings. The monoisotopic (exact) mass is 270 g/mol. The largest absolute Gasteiger partial charge is 0.488 e. The minimum absolute atomic E-state index is 0.0539. The molecule has 2 rings (SSSR count). The Kier molecular flexibility index (Phi) is 4.15. The van der Waals surface area contributed by atoms with Crippen LogP contribution in [-0.2, 0) is 6.61 Å². The van der Waals surface area contributed by atoms with E-state index in [1.807, 2.05) is 0 Å². The van der Waals surface area contributed by atoms with Crippen molar-refractivity contribution in [1.82, 2.24) is 0 Å². The molecule has 0 saturated heterocycles. The molecule has 0 aliphatic carbocycles. The maximum Gasteiger partial charge on any atom is 0.335 e. The minimum Gasteiger partial charge on any atom is -0.488 e. The van der Waals surface area contributed by atoms with Gasteiger partial charge in [-0.2, -0.15) is 0 Å². The Labute approximate surface area is 116 Å². The summed E-state index contributed by atoms with van der Waals surface area (Å²) in [5.74, 6) is -0.483. The van der Waals surface area contributed by atoms with Crippen LogP contribution in [0.25, 0.3) is 0 Å². The summed E-state index contributed by atoms with van der Waals surface area (Å²) in [6.07, 6.45) is 0. The van der Waals surface area contributed by atoms with Gasteiger partial charge in [-0.25, -0.2) is 4.79 Å². The van der Waals surface area contributed by atoms with Crippen LogP contribution >= 0.6 is 0 Å². The van der Waals surface area contributed by atoms with Crippen molar-refractivity contribution in [1.29, 1.82) is 0 Å². The molecule has 4 heteroatoms. The fraction of sp³-hybridized carbons (Fsp3) is 0.125. The highest BCUT2D eigenvalue weighted by Crippen LogP contribution is 2.19. The summed E-state index contributed by atoms with van der Waals surface area (Å²) in [5, 5.41) is 8.81. The lowest BCUT2D eigenvalue weighted by atomic mass is 10.1.